The van der Waals surface area contributed by atoms with Crippen LogP contribution in [0.1, 0.15) is 55.0 Å². The summed E-state index contributed by atoms with van der Waals surface area (Å²) in [4.78, 5) is 24.9. The number of hydrogen-bond acceptors (Lipinski definition) is 6. The standard InChI is InChI=1S/C24H30ClN3O3/c1-23(2)14-28(15-24(3,4)31-23)22-12-19(18-7-9-30-10-8-20(18)27-22)21(29)11-17-6-5-16(25)13-26-17/h5-6,12-13H,7-11,14-15H2,1-4H3. The zero-order chi connectivity index (χ0) is 22.2. The van der Waals surface area contributed by atoms with Gasteiger partial charge < -0.3 is 14.4 Å². The topological polar surface area (TPSA) is 64.6 Å². The van der Waals surface area contributed by atoms with Crippen molar-refractivity contribution < 1.29 is 14.3 Å². The molecule has 2 aliphatic heterocycles. The third kappa shape index (κ3) is 5.25. The Balaban J connectivity index is 1.71. The van der Waals surface area contributed by atoms with Crippen LogP contribution in [-0.4, -0.2) is 53.3 Å². The van der Waals surface area contributed by atoms with E-state index in [1.54, 1.807) is 18.3 Å². The zero-order valence-electron chi connectivity index (χ0n) is 18.7. The molecule has 0 bridgehead atoms. The Morgan fingerprint density at radius 2 is 1.84 bits per heavy atom. The van der Waals surface area contributed by atoms with Crippen LogP contribution in [-0.2, 0) is 28.7 Å². The van der Waals surface area contributed by atoms with Gasteiger partial charge in [0, 0.05) is 42.7 Å². The van der Waals surface area contributed by atoms with Crippen LogP contribution in [0.3, 0.4) is 0 Å². The van der Waals surface area contributed by atoms with Crippen molar-refractivity contribution in [2.75, 3.05) is 31.2 Å². The number of aromatic nitrogens is 2. The monoisotopic (exact) mass is 443 g/mol. The molecule has 0 aromatic carbocycles. The smallest absolute Gasteiger partial charge is 0.169 e. The minimum absolute atomic E-state index is 0.0448. The number of ketones is 1. The Kier molecular flexibility index (Phi) is 6.08. The largest absolute Gasteiger partial charge is 0.381 e. The Labute approximate surface area is 188 Å². The summed E-state index contributed by atoms with van der Waals surface area (Å²) < 4.78 is 11.9. The van der Waals surface area contributed by atoms with Crippen molar-refractivity contribution in [3.8, 4) is 0 Å². The predicted octanol–water partition coefficient (Wildman–Crippen LogP) is 4.06. The lowest BCUT2D eigenvalue weighted by Gasteiger charge is -2.47. The van der Waals surface area contributed by atoms with Gasteiger partial charge in [-0.2, -0.15) is 0 Å². The summed E-state index contributed by atoms with van der Waals surface area (Å²) in [5.41, 5.74) is 2.79. The number of hydrogen-bond donors (Lipinski definition) is 0. The summed E-state index contributed by atoms with van der Waals surface area (Å²) in [6.45, 7) is 11.0. The highest BCUT2D eigenvalue weighted by Gasteiger charge is 2.39. The molecule has 1 fully saturated rings. The average molecular weight is 444 g/mol. The van der Waals surface area contributed by atoms with Gasteiger partial charge in [-0.15, -0.1) is 0 Å². The van der Waals surface area contributed by atoms with Crippen LogP contribution in [0.15, 0.2) is 24.4 Å². The number of carbonyl (C=O) groups excluding carboxylic acids is 1. The van der Waals surface area contributed by atoms with Gasteiger partial charge in [0.25, 0.3) is 0 Å². The number of halogens is 1. The summed E-state index contributed by atoms with van der Waals surface area (Å²) in [5.74, 6) is 0.876. The van der Waals surface area contributed by atoms with E-state index < -0.39 is 0 Å². The van der Waals surface area contributed by atoms with Gasteiger partial charge in [0.1, 0.15) is 5.82 Å². The number of carbonyl (C=O) groups is 1. The first-order valence-corrected chi connectivity index (χ1v) is 11.2. The van der Waals surface area contributed by atoms with Crippen LogP contribution in [0, 0.1) is 0 Å². The maximum absolute atomic E-state index is 13.4. The van der Waals surface area contributed by atoms with E-state index in [1.165, 1.54) is 0 Å². The summed E-state index contributed by atoms with van der Waals surface area (Å²) in [6, 6.07) is 5.53. The number of fused-ring (bicyclic) bond motifs is 1. The quantitative estimate of drug-likeness (QED) is 0.664. The second-order valence-corrected chi connectivity index (χ2v) is 10.0. The van der Waals surface area contributed by atoms with Gasteiger partial charge in [0.2, 0.25) is 0 Å². The van der Waals surface area contributed by atoms with Crippen LogP contribution < -0.4 is 4.90 Å². The molecule has 0 atom stereocenters. The Hall–Kier alpha value is -2.02. The van der Waals surface area contributed by atoms with E-state index in [-0.39, 0.29) is 23.4 Å². The fourth-order valence-electron chi connectivity index (χ4n) is 4.67. The highest BCUT2D eigenvalue weighted by molar-refractivity contribution is 6.30. The Bertz CT molecular complexity index is 957. The van der Waals surface area contributed by atoms with E-state index in [2.05, 4.69) is 37.6 Å². The minimum atomic E-state index is -0.309. The minimum Gasteiger partial charge on any atom is -0.381 e. The predicted molar refractivity (Wildman–Crippen MR) is 121 cm³/mol. The second kappa shape index (κ2) is 8.49. The van der Waals surface area contributed by atoms with Gasteiger partial charge in [0.15, 0.2) is 5.78 Å². The molecular weight excluding hydrogens is 414 g/mol. The van der Waals surface area contributed by atoms with Crippen molar-refractivity contribution in [3.05, 3.63) is 51.9 Å². The van der Waals surface area contributed by atoms with Crippen molar-refractivity contribution in [3.63, 3.8) is 0 Å². The van der Waals surface area contributed by atoms with Gasteiger partial charge in [0.05, 0.1) is 35.9 Å². The number of morpholine rings is 1. The number of Topliss-reactive ketones (excluding diaryl/α,β-unsaturated/α-hetero) is 1. The number of rotatable bonds is 4. The normalized spacial score (nSPS) is 20.1. The van der Waals surface area contributed by atoms with E-state index in [0.717, 1.165) is 22.6 Å². The summed E-state index contributed by atoms with van der Waals surface area (Å²) >= 11 is 5.95. The molecule has 0 radical (unpaired) electrons. The van der Waals surface area contributed by atoms with Gasteiger partial charge in [-0.1, -0.05) is 11.6 Å². The number of pyridine rings is 2. The highest BCUT2D eigenvalue weighted by atomic mass is 35.5. The van der Waals surface area contributed by atoms with Gasteiger partial charge in [-0.25, -0.2) is 4.98 Å². The molecule has 0 aliphatic carbocycles. The third-order valence-electron chi connectivity index (χ3n) is 5.63. The Morgan fingerprint density at radius 1 is 1.13 bits per heavy atom. The molecule has 2 aromatic heterocycles. The van der Waals surface area contributed by atoms with Crippen molar-refractivity contribution >= 4 is 23.2 Å². The highest BCUT2D eigenvalue weighted by Crippen LogP contribution is 2.32. The van der Waals surface area contributed by atoms with Crippen molar-refractivity contribution in [1.29, 1.82) is 0 Å². The molecule has 31 heavy (non-hydrogen) atoms. The lowest BCUT2D eigenvalue weighted by Crippen LogP contribution is -2.57. The zero-order valence-corrected chi connectivity index (χ0v) is 19.5. The maximum atomic E-state index is 13.4. The van der Waals surface area contributed by atoms with E-state index in [9.17, 15) is 4.79 Å². The fourth-order valence-corrected chi connectivity index (χ4v) is 4.78. The molecule has 6 nitrogen and oxygen atoms in total. The molecular formula is C24H30ClN3O3. The molecule has 7 heteroatoms. The molecule has 166 valence electrons. The Morgan fingerprint density at radius 3 is 2.52 bits per heavy atom. The maximum Gasteiger partial charge on any atom is 0.169 e. The van der Waals surface area contributed by atoms with Crippen molar-refractivity contribution in [2.24, 2.45) is 0 Å². The molecule has 4 rings (SSSR count). The molecule has 4 heterocycles. The summed E-state index contributed by atoms with van der Waals surface area (Å²) in [5, 5.41) is 0.561. The van der Waals surface area contributed by atoms with E-state index in [0.29, 0.717) is 49.9 Å². The lowest BCUT2D eigenvalue weighted by molar-refractivity contribution is -0.133. The lowest BCUT2D eigenvalue weighted by atomic mass is 9.95. The molecule has 2 aliphatic rings. The molecule has 2 aromatic rings. The van der Waals surface area contributed by atoms with Crippen LogP contribution >= 0.6 is 11.6 Å². The van der Waals surface area contributed by atoms with Crippen LogP contribution in [0.2, 0.25) is 5.02 Å². The second-order valence-electron chi connectivity index (χ2n) is 9.61. The van der Waals surface area contributed by atoms with Crippen LogP contribution in [0.25, 0.3) is 0 Å². The van der Waals surface area contributed by atoms with Crippen molar-refractivity contribution in [2.45, 2.75) is 58.2 Å². The molecule has 0 saturated carbocycles. The average Bonchev–Trinajstić information content (AvgIpc) is 2.92. The SMILES string of the molecule is CC1(C)CN(c2cc(C(=O)Cc3ccc(Cl)cn3)c3c(n2)CCOCC3)CC(C)(C)O1. The number of nitrogens with zero attached hydrogens (tertiary/aromatic N) is 3. The van der Waals surface area contributed by atoms with Gasteiger partial charge >= 0.3 is 0 Å². The first-order valence-electron chi connectivity index (χ1n) is 10.8. The van der Waals surface area contributed by atoms with Gasteiger partial charge in [-0.05, 0) is 57.9 Å². The van der Waals surface area contributed by atoms with E-state index in [1.807, 2.05) is 6.07 Å². The van der Waals surface area contributed by atoms with E-state index in [4.69, 9.17) is 26.1 Å². The molecule has 0 amide bonds. The summed E-state index contributed by atoms with van der Waals surface area (Å²) in [7, 11) is 0. The van der Waals surface area contributed by atoms with E-state index >= 15 is 0 Å². The molecule has 0 unspecified atom stereocenters. The van der Waals surface area contributed by atoms with Gasteiger partial charge in [-0.3, -0.25) is 9.78 Å². The molecule has 0 N–H and O–H groups in total. The third-order valence-corrected chi connectivity index (χ3v) is 5.85. The molecule has 0 spiro atoms. The number of ether oxygens (including phenoxy) is 2. The number of anilines is 1. The first-order chi connectivity index (χ1) is 14.6. The van der Waals surface area contributed by atoms with Crippen LogP contribution in [0.5, 0.6) is 0 Å². The fraction of sp³-hybridized carbons (Fsp3) is 0.542. The van der Waals surface area contributed by atoms with Crippen LogP contribution in [0.4, 0.5) is 5.82 Å². The first kappa shape index (κ1) is 22.2. The molecule has 1 saturated heterocycles. The summed E-state index contributed by atoms with van der Waals surface area (Å²) in [6.07, 6.45) is 3.21. The van der Waals surface area contributed by atoms with Crippen molar-refractivity contribution in [1.82, 2.24) is 9.97 Å².